The first-order valence-corrected chi connectivity index (χ1v) is 9.86. The number of para-hydroxylation sites is 2. The summed E-state index contributed by atoms with van der Waals surface area (Å²) >= 11 is 13.6. The largest absolute Gasteiger partial charge is 0.468 e. The molecule has 0 unspecified atom stereocenters. The van der Waals surface area contributed by atoms with Crippen molar-refractivity contribution in [2.75, 3.05) is 5.32 Å². The molecule has 0 saturated heterocycles. The van der Waals surface area contributed by atoms with E-state index < -0.39 is 0 Å². The number of thiazole rings is 1. The Morgan fingerprint density at radius 2 is 1.93 bits per heavy atom. The minimum Gasteiger partial charge on any atom is -0.468 e. The van der Waals surface area contributed by atoms with Crippen LogP contribution in [0.15, 0.2) is 48.7 Å². The average Bonchev–Trinajstić information content (AvgIpc) is 3.29. The van der Waals surface area contributed by atoms with E-state index in [0.717, 1.165) is 15.8 Å². The molecule has 0 atom stereocenters. The molecule has 6 nitrogen and oxygen atoms in total. The van der Waals surface area contributed by atoms with Gasteiger partial charge in [0.25, 0.3) is 5.91 Å². The van der Waals surface area contributed by atoms with E-state index in [0.29, 0.717) is 20.9 Å². The van der Waals surface area contributed by atoms with Crippen LogP contribution in [0.3, 0.4) is 0 Å². The minimum atomic E-state index is -0.341. The smallest absolute Gasteiger partial charge is 0.277 e. The summed E-state index contributed by atoms with van der Waals surface area (Å²) in [5.41, 5.74) is 2.21. The van der Waals surface area contributed by atoms with Crippen molar-refractivity contribution in [1.82, 2.24) is 14.8 Å². The Morgan fingerprint density at radius 1 is 1.18 bits per heavy atom. The summed E-state index contributed by atoms with van der Waals surface area (Å²) in [7, 11) is 0. The van der Waals surface area contributed by atoms with Crippen LogP contribution in [0.1, 0.15) is 16.1 Å². The lowest BCUT2D eigenvalue weighted by Crippen LogP contribution is -2.14. The van der Waals surface area contributed by atoms with Gasteiger partial charge >= 0.3 is 0 Å². The lowest BCUT2D eigenvalue weighted by molar-refractivity contribution is 0.102. The van der Waals surface area contributed by atoms with Gasteiger partial charge in [0.05, 0.1) is 20.3 Å². The molecule has 0 aliphatic heterocycles. The van der Waals surface area contributed by atoms with Gasteiger partial charge in [-0.1, -0.05) is 52.7 Å². The van der Waals surface area contributed by atoms with E-state index in [1.165, 1.54) is 16.0 Å². The van der Waals surface area contributed by atoms with Crippen LogP contribution in [-0.4, -0.2) is 20.7 Å². The van der Waals surface area contributed by atoms with Crippen molar-refractivity contribution < 1.29 is 9.53 Å². The van der Waals surface area contributed by atoms with Crippen LogP contribution in [0.2, 0.25) is 10.0 Å². The van der Waals surface area contributed by atoms with Crippen LogP contribution < -0.4 is 10.1 Å². The Balaban J connectivity index is 1.44. The fourth-order valence-electron chi connectivity index (χ4n) is 2.61. The topological polar surface area (TPSA) is 69.0 Å². The van der Waals surface area contributed by atoms with Crippen LogP contribution >= 0.6 is 34.5 Å². The summed E-state index contributed by atoms with van der Waals surface area (Å²) in [6.45, 7) is 2.05. The second kappa shape index (κ2) is 7.79. The highest BCUT2D eigenvalue weighted by Gasteiger charge is 2.14. The number of aromatic nitrogens is 3. The molecule has 28 heavy (non-hydrogen) atoms. The molecular formula is C19H14Cl2N4O2S. The molecule has 0 fully saturated rings. The number of amides is 1. The third kappa shape index (κ3) is 3.82. The lowest BCUT2D eigenvalue weighted by Gasteiger charge is -2.09. The number of ether oxygens (including phenoxy) is 1. The van der Waals surface area contributed by atoms with E-state index >= 15 is 0 Å². The van der Waals surface area contributed by atoms with Gasteiger partial charge in [-0.05, 0) is 36.8 Å². The Kier molecular flexibility index (Phi) is 5.21. The van der Waals surface area contributed by atoms with Crippen LogP contribution in [0, 0.1) is 6.92 Å². The number of halogens is 2. The molecule has 1 N–H and O–H groups in total. The second-order valence-electron chi connectivity index (χ2n) is 5.96. The molecule has 0 saturated carbocycles. The number of carbonyl (C=O) groups excluding carboxylic acids is 1. The minimum absolute atomic E-state index is 0.0665. The molecule has 4 rings (SSSR count). The molecule has 2 aromatic heterocycles. The number of fused-ring (bicyclic) bond motifs is 1. The highest BCUT2D eigenvalue weighted by atomic mass is 35.5. The van der Waals surface area contributed by atoms with Gasteiger partial charge in [0.15, 0.2) is 23.3 Å². The van der Waals surface area contributed by atoms with Crippen molar-refractivity contribution >= 4 is 55.8 Å². The molecule has 0 aliphatic rings. The fourth-order valence-corrected chi connectivity index (χ4v) is 4.05. The summed E-state index contributed by atoms with van der Waals surface area (Å²) in [5, 5.41) is 8.36. The van der Waals surface area contributed by atoms with Gasteiger partial charge in [-0.3, -0.25) is 10.1 Å². The number of anilines is 1. The first-order valence-electron chi connectivity index (χ1n) is 8.29. The van der Waals surface area contributed by atoms with Gasteiger partial charge in [0.2, 0.25) is 0 Å². The molecule has 0 radical (unpaired) electrons. The molecule has 2 heterocycles. The average molecular weight is 433 g/mol. The van der Waals surface area contributed by atoms with E-state index in [9.17, 15) is 4.79 Å². The number of hydrogen-bond donors (Lipinski definition) is 1. The predicted octanol–water partition coefficient (Wildman–Crippen LogP) is 5.40. The number of hydrogen-bond acceptors (Lipinski definition) is 5. The lowest BCUT2D eigenvalue weighted by atomic mass is 10.2. The molecule has 0 aliphatic carbocycles. The zero-order valence-electron chi connectivity index (χ0n) is 14.6. The zero-order valence-corrected chi connectivity index (χ0v) is 17.0. The van der Waals surface area contributed by atoms with Crippen molar-refractivity contribution in [2.24, 2.45) is 0 Å². The van der Waals surface area contributed by atoms with Crippen molar-refractivity contribution in [3.63, 3.8) is 0 Å². The molecule has 2 aromatic carbocycles. The normalized spacial score (nSPS) is 11.0. The number of nitrogens with zero attached hydrogens (tertiary/aromatic N) is 3. The second-order valence-corrected chi connectivity index (χ2v) is 7.80. The fraction of sp³-hybridized carbons (Fsp3) is 0.105. The number of aryl methyl sites for hydroxylation is 1. The zero-order chi connectivity index (χ0) is 19.7. The Bertz CT molecular complexity index is 1150. The number of rotatable bonds is 5. The summed E-state index contributed by atoms with van der Waals surface area (Å²) in [6.07, 6.45) is 1.64. The van der Waals surface area contributed by atoms with Gasteiger partial charge in [0, 0.05) is 6.20 Å². The van der Waals surface area contributed by atoms with Gasteiger partial charge in [-0.2, -0.15) is 5.10 Å². The third-order valence-electron chi connectivity index (χ3n) is 3.97. The standard InChI is InChI=1S/C19H14Cl2N4O2S/c1-11-4-2-7-15-16(11)22-19(28-15)23-18(26)14-8-9-25(24-14)10-27-17-12(20)5-3-6-13(17)21/h2-9H,10H2,1H3,(H,22,23,26). The van der Waals surface area contributed by atoms with Crippen molar-refractivity contribution in [3.8, 4) is 5.75 Å². The van der Waals surface area contributed by atoms with Crippen molar-refractivity contribution in [1.29, 1.82) is 0 Å². The predicted molar refractivity (Wildman–Crippen MR) is 112 cm³/mol. The van der Waals surface area contributed by atoms with E-state index in [4.69, 9.17) is 27.9 Å². The monoisotopic (exact) mass is 432 g/mol. The molecule has 1 amide bonds. The summed E-state index contributed by atoms with van der Waals surface area (Å²) in [4.78, 5) is 16.9. The molecule has 142 valence electrons. The van der Waals surface area contributed by atoms with Crippen LogP contribution in [0.25, 0.3) is 10.2 Å². The van der Waals surface area contributed by atoms with E-state index in [2.05, 4.69) is 15.4 Å². The van der Waals surface area contributed by atoms with Gasteiger partial charge in [-0.25, -0.2) is 9.67 Å². The first kappa shape index (κ1) is 18.7. The maximum absolute atomic E-state index is 12.5. The van der Waals surface area contributed by atoms with Gasteiger partial charge < -0.3 is 4.74 Å². The van der Waals surface area contributed by atoms with Crippen LogP contribution in [0.5, 0.6) is 5.75 Å². The number of benzene rings is 2. The first-order chi connectivity index (χ1) is 13.5. The molecular weight excluding hydrogens is 419 g/mol. The molecule has 0 spiro atoms. The maximum Gasteiger partial charge on any atom is 0.277 e. The Labute approximate surface area is 174 Å². The van der Waals surface area contributed by atoms with Gasteiger partial charge in [-0.15, -0.1) is 0 Å². The van der Waals surface area contributed by atoms with Crippen molar-refractivity contribution in [3.05, 3.63) is 70.0 Å². The summed E-state index contributed by atoms with van der Waals surface area (Å²) in [6, 6.07) is 12.6. The highest BCUT2D eigenvalue weighted by molar-refractivity contribution is 7.22. The highest BCUT2D eigenvalue weighted by Crippen LogP contribution is 2.32. The van der Waals surface area contributed by atoms with E-state index in [1.807, 2.05) is 25.1 Å². The molecule has 4 aromatic rings. The van der Waals surface area contributed by atoms with Crippen molar-refractivity contribution in [2.45, 2.75) is 13.7 Å². The van der Waals surface area contributed by atoms with E-state index in [1.54, 1.807) is 30.5 Å². The third-order valence-corrected chi connectivity index (χ3v) is 5.51. The SMILES string of the molecule is Cc1cccc2sc(NC(=O)c3ccn(COc4c(Cl)cccc4Cl)n3)nc12. The summed E-state index contributed by atoms with van der Waals surface area (Å²) < 4.78 is 8.12. The summed E-state index contributed by atoms with van der Waals surface area (Å²) in [5.74, 6) is 0.0309. The molecule has 9 heteroatoms. The Morgan fingerprint density at radius 3 is 2.68 bits per heavy atom. The van der Waals surface area contributed by atoms with Crippen LogP contribution in [-0.2, 0) is 6.73 Å². The van der Waals surface area contributed by atoms with E-state index in [-0.39, 0.29) is 18.3 Å². The van der Waals surface area contributed by atoms with Crippen LogP contribution in [0.4, 0.5) is 5.13 Å². The van der Waals surface area contributed by atoms with Gasteiger partial charge in [0.1, 0.15) is 0 Å². The quantitative estimate of drug-likeness (QED) is 0.458. The Hall–Kier alpha value is -2.61. The number of nitrogens with one attached hydrogen (secondary N) is 1. The molecule has 0 bridgehead atoms. The maximum atomic E-state index is 12.5. The number of carbonyl (C=O) groups is 1.